The summed E-state index contributed by atoms with van der Waals surface area (Å²) < 4.78 is 38.1. The lowest BCUT2D eigenvalue weighted by Crippen LogP contribution is -2.41. The van der Waals surface area contributed by atoms with Crippen LogP contribution in [0.1, 0.15) is 31.4 Å². The van der Waals surface area contributed by atoms with Gasteiger partial charge in [0.25, 0.3) is 0 Å². The van der Waals surface area contributed by atoms with Gasteiger partial charge in [0, 0.05) is 17.9 Å². The van der Waals surface area contributed by atoms with Gasteiger partial charge in [-0.05, 0) is 37.8 Å². The van der Waals surface area contributed by atoms with Crippen LogP contribution in [0.2, 0.25) is 0 Å². The first kappa shape index (κ1) is 14.6. The van der Waals surface area contributed by atoms with Crippen molar-refractivity contribution in [3.8, 4) is 0 Å². The molecule has 2 nitrogen and oxygen atoms in total. The number of pyridine rings is 1. The van der Waals surface area contributed by atoms with Gasteiger partial charge in [0.15, 0.2) is 0 Å². The van der Waals surface area contributed by atoms with Gasteiger partial charge in [-0.2, -0.15) is 13.2 Å². The Morgan fingerprint density at radius 3 is 2.58 bits per heavy atom. The minimum Gasteiger partial charge on any atom is -0.354 e. The van der Waals surface area contributed by atoms with E-state index in [1.807, 2.05) is 4.90 Å². The van der Waals surface area contributed by atoms with E-state index in [1.165, 1.54) is 6.07 Å². The molecule has 2 rings (SSSR count). The molecule has 6 heteroatoms. The lowest BCUT2D eigenvalue weighted by atomic mass is 9.91. The molecular weight excluding hydrogens is 321 g/mol. The van der Waals surface area contributed by atoms with Crippen LogP contribution in [0.25, 0.3) is 0 Å². The van der Waals surface area contributed by atoms with Gasteiger partial charge in [-0.15, -0.1) is 0 Å². The third-order valence-corrected chi connectivity index (χ3v) is 3.93. The molecule has 0 unspecified atom stereocenters. The lowest BCUT2D eigenvalue weighted by molar-refractivity contribution is -0.141. The molecule has 1 aliphatic carbocycles. The number of alkyl halides is 4. The molecule has 0 spiro atoms. The summed E-state index contributed by atoms with van der Waals surface area (Å²) in [6, 6.07) is 4.47. The number of nitrogens with zero attached hydrogens (tertiary/aromatic N) is 2. The van der Waals surface area contributed by atoms with Crippen molar-refractivity contribution in [1.82, 2.24) is 4.98 Å². The van der Waals surface area contributed by atoms with Crippen LogP contribution < -0.4 is 4.90 Å². The summed E-state index contributed by atoms with van der Waals surface area (Å²) in [6.07, 6.45) is -0.250. The molecule has 1 aromatic rings. The van der Waals surface area contributed by atoms with E-state index in [4.69, 9.17) is 0 Å². The van der Waals surface area contributed by atoms with Crippen molar-refractivity contribution in [3.05, 3.63) is 23.9 Å². The van der Waals surface area contributed by atoms with Crippen molar-refractivity contribution in [2.24, 2.45) is 0 Å². The first-order valence-corrected chi connectivity index (χ1v) is 7.51. The van der Waals surface area contributed by atoms with Gasteiger partial charge in [-0.1, -0.05) is 22.0 Å². The highest BCUT2D eigenvalue weighted by molar-refractivity contribution is 9.09. The molecule has 0 aliphatic heterocycles. The first-order chi connectivity index (χ1) is 9.02. The molecule has 0 saturated heterocycles. The molecule has 1 aliphatic rings. The van der Waals surface area contributed by atoms with Gasteiger partial charge in [0.1, 0.15) is 11.5 Å². The minimum absolute atomic E-state index is 0.343. The minimum atomic E-state index is -4.38. The van der Waals surface area contributed by atoms with Gasteiger partial charge >= 0.3 is 6.18 Å². The third-order valence-electron chi connectivity index (χ3n) is 3.37. The predicted octanol–water partition coefficient (Wildman–Crippen LogP) is 4.24. The van der Waals surface area contributed by atoms with Crippen LogP contribution >= 0.6 is 15.9 Å². The zero-order valence-electron chi connectivity index (χ0n) is 10.5. The van der Waals surface area contributed by atoms with E-state index >= 15 is 0 Å². The maximum atomic E-state index is 12.7. The molecule has 1 heterocycles. The Labute approximate surface area is 119 Å². The molecular formula is C13H16BrF3N2. The second-order valence-corrected chi connectivity index (χ2v) is 5.49. The van der Waals surface area contributed by atoms with E-state index in [0.29, 0.717) is 11.9 Å². The fourth-order valence-electron chi connectivity index (χ4n) is 2.15. The Hall–Kier alpha value is -0.780. The van der Waals surface area contributed by atoms with Crippen LogP contribution in [-0.2, 0) is 6.18 Å². The monoisotopic (exact) mass is 336 g/mol. The van der Waals surface area contributed by atoms with E-state index in [1.54, 1.807) is 6.07 Å². The summed E-state index contributed by atoms with van der Waals surface area (Å²) in [6.45, 7) is 0.740. The number of rotatable bonds is 5. The van der Waals surface area contributed by atoms with Crippen LogP contribution in [0.3, 0.4) is 0 Å². The van der Waals surface area contributed by atoms with Crippen molar-refractivity contribution in [3.63, 3.8) is 0 Å². The molecule has 19 heavy (non-hydrogen) atoms. The highest BCUT2D eigenvalue weighted by Crippen LogP contribution is 2.32. The highest BCUT2D eigenvalue weighted by Gasteiger charge is 2.33. The zero-order valence-corrected chi connectivity index (χ0v) is 12.0. The molecule has 0 radical (unpaired) electrons. The molecule has 0 amide bonds. The number of aromatic nitrogens is 1. The van der Waals surface area contributed by atoms with Gasteiger partial charge in [0.05, 0.1) is 0 Å². The van der Waals surface area contributed by atoms with Crippen molar-refractivity contribution in [2.45, 2.75) is 37.9 Å². The number of halogens is 4. The van der Waals surface area contributed by atoms with E-state index in [9.17, 15) is 13.2 Å². The maximum absolute atomic E-state index is 12.7. The maximum Gasteiger partial charge on any atom is 0.433 e. The lowest BCUT2D eigenvalue weighted by Gasteiger charge is -2.38. The highest BCUT2D eigenvalue weighted by atomic mass is 79.9. The van der Waals surface area contributed by atoms with E-state index in [-0.39, 0.29) is 0 Å². The quantitative estimate of drug-likeness (QED) is 0.747. The van der Waals surface area contributed by atoms with E-state index in [2.05, 4.69) is 20.9 Å². The van der Waals surface area contributed by atoms with Crippen molar-refractivity contribution in [2.75, 3.05) is 16.8 Å². The van der Waals surface area contributed by atoms with Gasteiger partial charge in [-0.3, -0.25) is 0 Å². The molecule has 1 aromatic heterocycles. The zero-order chi connectivity index (χ0) is 13.9. The van der Waals surface area contributed by atoms with Crippen LogP contribution in [0.4, 0.5) is 19.0 Å². The summed E-state index contributed by atoms with van der Waals surface area (Å²) in [4.78, 5) is 5.80. The Balaban J connectivity index is 2.20. The van der Waals surface area contributed by atoms with E-state index in [0.717, 1.165) is 43.6 Å². The van der Waals surface area contributed by atoms with Crippen molar-refractivity contribution in [1.29, 1.82) is 0 Å². The van der Waals surface area contributed by atoms with Crippen molar-refractivity contribution < 1.29 is 13.2 Å². The molecule has 1 fully saturated rings. The number of hydrogen-bond acceptors (Lipinski definition) is 2. The second-order valence-electron chi connectivity index (χ2n) is 4.70. The topological polar surface area (TPSA) is 16.1 Å². The molecule has 0 atom stereocenters. The fraction of sp³-hybridized carbons (Fsp3) is 0.615. The normalized spacial score (nSPS) is 16.2. The largest absolute Gasteiger partial charge is 0.433 e. The summed E-state index contributed by atoms with van der Waals surface area (Å²) >= 11 is 3.36. The van der Waals surface area contributed by atoms with Crippen LogP contribution in [0.15, 0.2) is 18.2 Å². The Kier molecular flexibility index (Phi) is 4.71. The molecule has 0 N–H and O–H groups in total. The van der Waals surface area contributed by atoms with Gasteiger partial charge in [0.2, 0.25) is 0 Å². The SMILES string of the molecule is FC(F)(F)c1cccc(N(CCCBr)C2CCC2)n1. The fourth-order valence-corrected chi connectivity index (χ4v) is 2.40. The smallest absolute Gasteiger partial charge is 0.354 e. The number of hydrogen-bond donors (Lipinski definition) is 0. The van der Waals surface area contributed by atoms with Crippen LogP contribution in [0, 0.1) is 0 Å². The average Bonchev–Trinajstić information content (AvgIpc) is 2.31. The predicted molar refractivity (Wildman–Crippen MR) is 72.6 cm³/mol. The summed E-state index contributed by atoms with van der Waals surface area (Å²) in [5, 5.41) is 0.842. The van der Waals surface area contributed by atoms with Crippen LogP contribution in [0.5, 0.6) is 0 Å². The standard InChI is InChI=1S/C13H16BrF3N2/c14-8-3-9-19(10-4-1-5-10)12-7-2-6-11(18-12)13(15,16)17/h2,6-7,10H,1,3-5,8-9H2. The second kappa shape index (κ2) is 6.11. The van der Waals surface area contributed by atoms with Crippen molar-refractivity contribution >= 4 is 21.7 Å². The molecule has 0 bridgehead atoms. The summed E-state index contributed by atoms with van der Waals surface area (Å²) in [5.41, 5.74) is -0.812. The molecule has 1 saturated carbocycles. The molecule has 106 valence electrons. The number of anilines is 1. The third kappa shape index (κ3) is 3.61. The van der Waals surface area contributed by atoms with Gasteiger partial charge in [-0.25, -0.2) is 4.98 Å². The van der Waals surface area contributed by atoms with Gasteiger partial charge < -0.3 is 4.90 Å². The summed E-state index contributed by atoms with van der Waals surface area (Å²) in [7, 11) is 0. The van der Waals surface area contributed by atoms with E-state index < -0.39 is 11.9 Å². The Bertz CT molecular complexity index is 419. The summed E-state index contributed by atoms with van der Waals surface area (Å²) in [5.74, 6) is 0.445. The Morgan fingerprint density at radius 2 is 2.05 bits per heavy atom. The first-order valence-electron chi connectivity index (χ1n) is 6.39. The molecule has 0 aromatic carbocycles. The average molecular weight is 337 g/mol. The Morgan fingerprint density at radius 1 is 1.32 bits per heavy atom. The van der Waals surface area contributed by atoms with Crippen LogP contribution in [-0.4, -0.2) is 22.9 Å².